The topological polar surface area (TPSA) is 50.9 Å². The number of fused-ring (bicyclic) bond motifs is 1. The third kappa shape index (κ3) is 2.34. The summed E-state index contributed by atoms with van der Waals surface area (Å²) >= 11 is 1.79. The smallest absolute Gasteiger partial charge is 0.0743 e. The number of aryl methyl sites for hydroxylation is 1. The Kier molecular flexibility index (Phi) is 3.56. The van der Waals surface area contributed by atoms with Gasteiger partial charge in [-0.1, -0.05) is 25.1 Å². The number of benzene rings is 1. The van der Waals surface area contributed by atoms with E-state index in [4.69, 9.17) is 5.73 Å². The van der Waals surface area contributed by atoms with Gasteiger partial charge in [0.25, 0.3) is 0 Å². The molecule has 0 radical (unpaired) electrons. The van der Waals surface area contributed by atoms with E-state index in [0.717, 1.165) is 29.6 Å². The maximum absolute atomic E-state index is 6.08. The number of hydrogen-bond donors (Lipinski definition) is 2. The first kappa shape index (κ1) is 12.9. The summed E-state index contributed by atoms with van der Waals surface area (Å²) in [7, 11) is 0. The molecule has 2 aromatic heterocycles. The lowest BCUT2D eigenvalue weighted by Gasteiger charge is -2.12. The van der Waals surface area contributed by atoms with Crippen LogP contribution in [-0.2, 0) is 13.0 Å². The number of nitrogens with one attached hydrogen (secondary N) is 1. The van der Waals surface area contributed by atoms with Crippen LogP contribution in [0.3, 0.4) is 0 Å². The summed E-state index contributed by atoms with van der Waals surface area (Å²) in [6.07, 6.45) is 2.78. The van der Waals surface area contributed by atoms with Gasteiger partial charge in [-0.15, -0.1) is 11.3 Å². The summed E-state index contributed by atoms with van der Waals surface area (Å²) < 4.78 is 0. The zero-order chi connectivity index (χ0) is 13.9. The minimum Gasteiger partial charge on any atom is -0.396 e. The maximum Gasteiger partial charge on any atom is 0.0743 e. The van der Waals surface area contributed by atoms with E-state index in [2.05, 4.69) is 34.7 Å². The minimum atomic E-state index is 0.693. The van der Waals surface area contributed by atoms with Crippen LogP contribution in [-0.4, -0.2) is 4.98 Å². The Hall–Kier alpha value is -2.07. The van der Waals surface area contributed by atoms with Gasteiger partial charge in [0, 0.05) is 16.8 Å². The van der Waals surface area contributed by atoms with E-state index < -0.39 is 0 Å². The van der Waals surface area contributed by atoms with Gasteiger partial charge in [-0.2, -0.15) is 0 Å². The van der Waals surface area contributed by atoms with Crippen LogP contribution >= 0.6 is 11.3 Å². The average molecular weight is 283 g/mol. The molecule has 0 saturated carbocycles. The van der Waals surface area contributed by atoms with Crippen LogP contribution < -0.4 is 11.1 Å². The van der Waals surface area contributed by atoms with Crippen LogP contribution in [0.4, 0.5) is 11.4 Å². The highest BCUT2D eigenvalue weighted by Gasteiger charge is 2.08. The Morgan fingerprint density at radius 3 is 2.95 bits per heavy atom. The second kappa shape index (κ2) is 5.51. The number of nitrogens with zero attached hydrogens (tertiary/aromatic N) is 1. The zero-order valence-corrected chi connectivity index (χ0v) is 12.2. The van der Waals surface area contributed by atoms with Gasteiger partial charge in [0.05, 0.1) is 23.1 Å². The van der Waals surface area contributed by atoms with Crippen LogP contribution in [0, 0.1) is 0 Å². The molecular weight excluding hydrogens is 266 g/mol. The van der Waals surface area contributed by atoms with Gasteiger partial charge in [-0.05, 0) is 29.5 Å². The SMILES string of the molecule is CCc1ccsc1CNc1c(N)cnc2ccccc12. The monoisotopic (exact) mass is 283 g/mol. The minimum absolute atomic E-state index is 0.693. The van der Waals surface area contributed by atoms with Gasteiger partial charge in [0.2, 0.25) is 0 Å². The van der Waals surface area contributed by atoms with E-state index in [-0.39, 0.29) is 0 Å². The summed E-state index contributed by atoms with van der Waals surface area (Å²) in [5.41, 5.74) is 10.1. The van der Waals surface area contributed by atoms with E-state index in [1.165, 1.54) is 10.4 Å². The van der Waals surface area contributed by atoms with E-state index in [1.807, 2.05) is 18.2 Å². The van der Waals surface area contributed by atoms with Crippen molar-refractivity contribution in [1.29, 1.82) is 0 Å². The molecule has 0 aliphatic rings. The Labute approximate surface area is 122 Å². The molecule has 0 atom stereocenters. The molecule has 3 nitrogen and oxygen atoms in total. The number of nitrogen functional groups attached to an aromatic ring is 1. The number of aromatic nitrogens is 1. The number of rotatable bonds is 4. The molecule has 3 aromatic rings. The molecule has 0 amide bonds. The summed E-state index contributed by atoms with van der Waals surface area (Å²) in [5.74, 6) is 0. The second-order valence-corrected chi connectivity index (χ2v) is 5.68. The molecule has 2 heterocycles. The maximum atomic E-state index is 6.08. The number of thiophene rings is 1. The Morgan fingerprint density at radius 1 is 1.25 bits per heavy atom. The molecule has 3 rings (SSSR count). The molecular formula is C16H17N3S. The molecule has 0 spiro atoms. The first-order chi connectivity index (χ1) is 9.79. The highest BCUT2D eigenvalue weighted by Crippen LogP contribution is 2.29. The van der Waals surface area contributed by atoms with Crippen LogP contribution in [0.2, 0.25) is 0 Å². The van der Waals surface area contributed by atoms with Gasteiger partial charge >= 0.3 is 0 Å². The van der Waals surface area contributed by atoms with Crippen molar-refractivity contribution in [1.82, 2.24) is 4.98 Å². The molecule has 20 heavy (non-hydrogen) atoms. The lowest BCUT2D eigenvalue weighted by molar-refractivity contribution is 1.08. The summed E-state index contributed by atoms with van der Waals surface area (Å²) in [5, 5.41) is 6.69. The van der Waals surface area contributed by atoms with Crippen molar-refractivity contribution in [2.75, 3.05) is 11.1 Å². The zero-order valence-electron chi connectivity index (χ0n) is 11.4. The molecule has 0 saturated heterocycles. The fourth-order valence-electron chi connectivity index (χ4n) is 2.36. The van der Waals surface area contributed by atoms with Crippen molar-refractivity contribution in [2.24, 2.45) is 0 Å². The molecule has 0 bridgehead atoms. The Bertz CT molecular complexity index is 733. The fourth-order valence-corrected chi connectivity index (χ4v) is 3.28. The standard InChI is InChI=1S/C16H17N3S/c1-2-11-7-8-20-15(11)10-19-16-12-5-3-4-6-14(12)18-9-13(16)17/h3-9H,2,10,17H2,1H3,(H,18,19). The summed E-state index contributed by atoms with van der Waals surface area (Å²) in [6, 6.07) is 10.2. The average Bonchev–Trinajstić information content (AvgIpc) is 2.94. The quantitative estimate of drug-likeness (QED) is 0.759. The molecule has 0 fully saturated rings. The summed E-state index contributed by atoms with van der Waals surface area (Å²) in [6.45, 7) is 2.99. The normalized spacial score (nSPS) is 10.8. The first-order valence-electron chi connectivity index (χ1n) is 6.72. The predicted octanol–water partition coefficient (Wildman–Crippen LogP) is 4.05. The number of nitrogens with two attached hydrogens (primary N) is 1. The van der Waals surface area contributed by atoms with E-state index in [9.17, 15) is 0 Å². The molecule has 1 aromatic carbocycles. The van der Waals surface area contributed by atoms with E-state index in [1.54, 1.807) is 17.5 Å². The van der Waals surface area contributed by atoms with Gasteiger partial charge in [-0.25, -0.2) is 0 Å². The van der Waals surface area contributed by atoms with Crippen LogP contribution in [0.15, 0.2) is 41.9 Å². The number of anilines is 2. The van der Waals surface area contributed by atoms with Gasteiger partial charge in [0.15, 0.2) is 0 Å². The van der Waals surface area contributed by atoms with Crippen LogP contribution in [0.1, 0.15) is 17.4 Å². The van der Waals surface area contributed by atoms with E-state index >= 15 is 0 Å². The van der Waals surface area contributed by atoms with Crippen molar-refractivity contribution in [3.8, 4) is 0 Å². The lowest BCUT2D eigenvalue weighted by Crippen LogP contribution is -2.04. The predicted molar refractivity (Wildman–Crippen MR) is 87.2 cm³/mol. The van der Waals surface area contributed by atoms with Crippen molar-refractivity contribution < 1.29 is 0 Å². The van der Waals surface area contributed by atoms with Crippen molar-refractivity contribution >= 4 is 33.6 Å². The van der Waals surface area contributed by atoms with E-state index in [0.29, 0.717) is 5.69 Å². The molecule has 3 N–H and O–H groups in total. The Morgan fingerprint density at radius 2 is 2.10 bits per heavy atom. The van der Waals surface area contributed by atoms with Crippen molar-refractivity contribution in [2.45, 2.75) is 19.9 Å². The number of pyridine rings is 1. The highest BCUT2D eigenvalue weighted by molar-refractivity contribution is 7.10. The fraction of sp³-hybridized carbons (Fsp3) is 0.188. The van der Waals surface area contributed by atoms with Crippen LogP contribution in [0.25, 0.3) is 10.9 Å². The van der Waals surface area contributed by atoms with Gasteiger partial charge < -0.3 is 11.1 Å². The number of hydrogen-bond acceptors (Lipinski definition) is 4. The third-order valence-corrected chi connectivity index (χ3v) is 4.41. The van der Waals surface area contributed by atoms with Gasteiger partial charge in [0.1, 0.15) is 0 Å². The molecule has 0 aliphatic heterocycles. The number of para-hydroxylation sites is 1. The molecule has 0 unspecified atom stereocenters. The largest absolute Gasteiger partial charge is 0.396 e. The lowest BCUT2D eigenvalue weighted by atomic mass is 10.1. The highest BCUT2D eigenvalue weighted by atomic mass is 32.1. The van der Waals surface area contributed by atoms with Crippen molar-refractivity contribution in [3.05, 3.63) is 52.3 Å². The third-order valence-electron chi connectivity index (χ3n) is 3.45. The first-order valence-corrected chi connectivity index (χ1v) is 7.60. The van der Waals surface area contributed by atoms with Gasteiger partial charge in [-0.3, -0.25) is 4.98 Å². The summed E-state index contributed by atoms with van der Waals surface area (Å²) in [4.78, 5) is 5.73. The van der Waals surface area contributed by atoms with Crippen LogP contribution in [0.5, 0.6) is 0 Å². The van der Waals surface area contributed by atoms with Crippen molar-refractivity contribution in [3.63, 3.8) is 0 Å². The molecule has 102 valence electrons. The molecule has 4 heteroatoms. The molecule has 0 aliphatic carbocycles. The second-order valence-electron chi connectivity index (χ2n) is 4.68. The Balaban J connectivity index is 1.93.